The summed E-state index contributed by atoms with van der Waals surface area (Å²) in [5.41, 5.74) is 2.56. The third-order valence-electron chi connectivity index (χ3n) is 3.51. The molecule has 0 N–H and O–H groups in total. The highest BCUT2D eigenvalue weighted by molar-refractivity contribution is 6.35. The third-order valence-corrected chi connectivity index (χ3v) is 4.04. The first-order valence-corrected chi connectivity index (χ1v) is 7.95. The average molecular weight is 335 g/mol. The van der Waals surface area contributed by atoms with Gasteiger partial charge in [-0.25, -0.2) is 0 Å². The second kappa shape index (κ2) is 7.08. The number of halogens is 2. The monoisotopic (exact) mass is 334 g/mol. The molecule has 0 aromatic heterocycles. The van der Waals surface area contributed by atoms with E-state index in [9.17, 15) is 0 Å². The maximum absolute atomic E-state index is 6.10. The maximum Gasteiger partial charge on any atom is 0.240 e. The summed E-state index contributed by atoms with van der Waals surface area (Å²) in [6.45, 7) is 0. The minimum atomic E-state index is -0.307. The van der Waals surface area contributed by atoms with Crippen LogP contribution in [-0.2, 0) is 11.2 Å². The van der Waals surface area contributed by atoms with Crippen LogP contribution in [0.3, 0.4) is 0 Å². The first-order valence-electron chi connectivity index (χ1n) is 7.20. The molecule has 0 fully saturated rings. The molecule has 1 atom stereocenters. The highest BCUT2D eigenvalue weighted by Gasteiger charge is 2.18. The van der Waals surface area contributed by atoms with Crippen LogP contribution in [0.15, 0.2) is 60.4 Å². The predicted molar refractivity (Wildman–Crippen MR) is 89.4 cm³/mol. The van der Waals surface area contributed by atoms with Crippen molar-refractivity contribution in [1.29, 1.82) is 0 Å². The van der Waals surface area contributed by atoms with Crippen molar-refractivity contribution in [3.8, 4) is 5.75 Å². The number of hydrogen-bond donors (Lipinski definition) is 0. The number of ether oxygens (including phenoxy) is 2. The van der Waals surface area contributed by atoms with Crippen molar-refractivity contribution in [2.75, 3.05) is 0 Å². The number of hydrogen-bond acceptors (Lipinski definition) is 2. The molecule has 0 spiro atoms. The topological polar surface area (TPSA) is 18.5 Å². The fraction of sp³-hybridized carbons (Fsp3) is 0.222. The Morgan fingerprint density at radius 3 is 2.59 bits per heavy atom. The highest BCUT2D eigenvalue weighted by Crippen LogP contribution is 2.30. The van der Waals surface area contributed by atoms with E-state index in [-0.39, 0.29) is 6.29 Å². The lowest BCUT2D eigenvalue weighted by Crippen LogP contribution is -2.22. The SMILES string of the molecule is Clc1ccc(OC2CCC(Cc3ccccc3)=CO2)c(Cl)c1. The van der Waals surface area contributed by atoms with Gasteiger partial charge < -0.3 is 9.47 Å². The average Bonchev–Trinajstić information content (AvgIpc) is 2.53. The Hall–Kier alpha value is -1.64. The van der Waals surface area contributed by atoms with E-state index in [1.54, 1.807) is 18.2 Å². The van der Waals surface area contributed by atoms with Crippen LogP contribution in [0.1, 0.15) is 18.4 Å². The van der Waals surface area contributed by atoms with Gasteiger partial charge in [-0.15, -0.1) is 0 Å². The normalized spacial score (nSPS) is 17.5. The van der Waals surface area contributed by atoms with Gasteiger partial charge in [0.1, 0.15) is 5.75 Å². The molecular formula is C18H16Cl2O2. The molecule has 1 unspecified atom stereocenters. The van der Waals surface area contributed by atoms with E-state index >= 15 is 0 Å². The molecule has 0 aliphatic carbocycles. The summed E-state index contributed by atoms with van der Waals surface area (Å²) in [5, 5.41) is 1.09. The van der Waals surface area contributed by atoms with E-state index in [0.717, 1.165) is 19.3 Å². The summed E-state index contributed by atoms with van der Waals surface area (Å²) in [5.74, 6) is 0.593. The van der Waals surface area contributed by atoms with Crippen molar-refractivity contribution < 1.29 is 9.47 Å². The van der Waals surface area contributed by atoms with Crippen molar-refractivity contribution in [3.05, 3.63) is 76.0 Å². The van der Waals surface area contributed by atoms with Gasteiger partial charge in [-0.3, -0.25) is 0 Å². The van der Waals surface area contributed by atoms with Crippen LogP contribution in [0.4, 0.5) is 0 Å². The van der Waals surface area contributed by atoms with E-state index < -0.39 is 0 Å². The molecule has 2 aromatic carbocycles. The molecule has 0 bridgehead atoms. The molecule has 1 aliphatic heterocycles. The molecule has 0 radical (unpaired) electrons. The van der Waals surface area contributed by atoms with Gasteiger partial charge in [-0.1, -0.05) is 53.5 Å². The minimum absolute atomic E-state index is 0.307. The highest BCUT2D eigenvalue weighted by atomic mass is 35.5. The standard InChI is InChI=1S/C18H16Cl2O2/c19-15-7-8-17(16(20)11-15)22-18-9-6-14(12-21-18)10-13-4-2-1-3-5-13/h1-5,7-8,11-12,18H,6,9-10H2. The number of benzene rings is 2. The Labute approximate surface area is 140 Å². The lowest BCUT2D eigenvalue weighted by atomic mass is 10.0. The minimum Gasteiger partial charge on any atom is -0.463 e. The second-order valence-corrected chi connectivity index (χ2v) is 6.08. The molecule has 0 saturated heterocycles. The fourth-order valence-electron chi connectivity index (χ4n) is 2.39. The van der Waals surface area contributed by atoms with E-state index in [0.29, 0.717) is 15.8 Å². The first-order chi connectivity index (χ1) is 10.7. The second-order valence-electron chi connectivity index (χ2n) is 5.24. The van der Waals surface area contributed by atoms with Gasteiger partial charge in [0.05, 0.1) is 11.3 Å². The third kappa shape index (κ3) is 3.96. The quantitative estimate of drug-likeness (QED) is 0.720. The molecule has 114 valence electrons. The van der Waals surface area contributed by atoms with Crippen LogP contribution in [0.5, 0.6) is 5.75 Å². The molecule has 0 saturated carbocycles. The molecule has 1 aliphatic rings. The van der Waals surface area contributed by atoms with Crippen molar-refractivity contribution in [1.82, 2.24) is 0 Å². The molecule has 2 aromatic rings. The van der Waals surface area contributed by atoms with E-state index in [1.165, 1.54) is 11.1 Å². The molecule has 22 heavy (non-hydrogen) atoms. The van der Waals surface area contributed by atoms with Gasteiger partial charge in [0.15, 0.2) is 0 Å². The first kappa shape index (κ1) is 15.3. The Balaban J connectivity index is 1.59. The summed E-state index contributed by atoms with van der Waals surface area (Å²) in [7, 11) is 0. The van der Waals surface area contributed by atoms with Crippen LogP contribution >= 0.6 is 23.2 Å². The van der Waals surface area contributed by atoms with Gasteiger partial charge in [0.25, 0.3) is 0 Å². The Morgan fingerprint density at radius 1 is 1.09 bits per heavy atom. The van der Waals surface area contributed by atoms with Crippen LogP contribution in [0, 0.1) is 0 Å². The Kier molecular flexibility index (Phi) is 4.91. The smallest absolute Gasteiger partial charge is 0.240 e. The molecule has 0 amide bonds. The zero-order chi connectivity index (χ0) is 15.4. The van der Waals surface area contributed by atoms with E-state index in [2.05, 4.69) is 12.1 Å². The molecular weight excluding hydrogens is 319 g/mol. The molecule has 3 rings (SSSR count). The van der Waals surface area contributed by atoms with E-state index in [1.807, 2.05) is 24.5 Å². The molecule has 1 heterocycles. The number of rotatable bonds is 4. The van der Waals surface area contributed by atoms with Crippen molar-refractivity contribution in [3.63, 3.8) is 0 Å². The van der Waals surface area contributed by atoms with Crippen molar-refractivity contribution >= 4 is 23.2 Å². The summed E-state index contributed by atoms with van der Waals surface area (Å²) in [6, 6.07) is 15.5. The van der Waals surface area contributed by atoms with E-state index in [4.69, 9.17) is 32.7 Å². The van der Waals surface area contributed by atoms with Gasteiger partial charge >= 0.3 is 0 Å². The molecule has 2 nitrogen and oxygen atoms in total. The van der Waals surface area contributed by atoms with Gasteiger partial charge in [0, 0.05) is 11.4 Å². The zero-order valence-electron chi connectivity index (χ0n) is 12.0. The van der Waals surface area contributed by atoms with Crippen LogP contribution in [0.25, 0.3) is 0 Å². The number of allylic oxidation sites excluding steroid dienone is 1. The largest absolute Gasteiger partial charge is 0.463 e. The van der Waals surface area contributed by atoms with Gasteiger partial charge in [-0.2, -0.15) is 0 Å². The predicted octanol–water partition coefficient (Wildman–Crippen LogP) is 5.64. The summed E-state index contributed by atoms with van der Waals surface area (Å²) in [6.07, 6.45) is 4.17. The summed E-state index contributed by atoms with van der Waals surface area (Å²) in [4.78, 5) is 0. The lowest BCUT2D eigenvalue weighted by Gasteiger charge is -2.24. The van der Waals surface area contributed by atoms with Gasteiger partial charge in [0.2, 0.25) is 6.29 Å². The van der Waals surface area contributed by atoms with Crippen LogP contribution in [0.2, 0.25) is 10.0 Å². The maximum atomic E-state index is 6.10. The van der Waals surface area contributed by atoms with Crippen molar-refractivity contribution in [2.45, 2.75) is 25.6 Å². The lowest BCUT2D eigenvalue weighted by molar-refractivity contribution is -0.0440. The summed E-state index contributed by atoms with van der Waals surface area (Å²) >= 11 is 12.0. The van der Waals surface area contributed by atoms with Crippen LogP contribution < -0.4 is 4.74 Å². The van der Waals surface area contributed by atoms with Crippen molar-refractivity contribution in [2.24, 2.45) is 0 Å². The zero-order valence-corrected chi connectivity index (χ0v) is 13.5. The Morgan fingerprint density at radius 2 is 1.91 bits per heavy atom. The summed E-state index contributed by atoms with van der Waals surface area (Å²) < 4.78 is 11.5. The van der Waals surface area contributed by atoms with Gasteiger partial charge in [-0.05, 0) is 42.2 Å². The fourth-order valence-corrected chi connectivity index (χ4v) is 2.84. The Bertz CT molecular complexity index is 668. The molecule has 4 heteroatoms. The van der Waals surface area contributed by atoms with Crippen LogP contribution in [-0.4, -0.2) is 6.29 Å².